The Bertz CT molecular complexity index is 336. The Morgan fingerprint density at radius 1 is 1.67 bits per heavy atom. The van der Waals surface area contributed by atoms with Crippen LogP contribution in [0.4, 0.5) is 11.8 Å². The summed E-state index contributed by atoms with van der Waals surface area (Å²) in [6.45, 7) is 2.98. The molecule has 1 saturated heterocycles. The number of nitrogen functional groups attached to an aromatic ring is 1. The average Bonchev–Trinajstić information content (AvgIpc) is 2.72. The molecule has 3 N–H and O–H groups in total. The van der Waals surface area contributed by atoms with Crippen LogP contribution in [0.15, 0.2) is 6.20 Å². The maximum absolute atomic E-state index is 5.54. The van der Waals surface area contributed by atoms with E-state index in [1.807, 2.05) is 18.7 Å². The van der Waals surface area contributed by atoms with Gasteiger partial charge in [-0.3, -0.25) is 0 Å². The Kier molecular flexibility index (Phi) is 3.30. The van der Waals surface area contributed by atoms with Gasteiger partial charge in [-0.1, -0.05) is 0 Å². The van der Waals surface area contributed by atoms with Crippen molar-refractivity contribution in [3.8, 4) is 0 Å². The highest BCUT2D eigenvalue weighted by Gasteiger charge is 2.15. The first-order valence-electron chi connectivity index (χ1n) is 5.16. The summed E-state index contributed by atoms with van der Waals surface area (Å²) in [6.07, 6.45) is 3.06. The van der Waals surface area contributed by atoms with Crippen LogP contribution in [0, 0.1) is 12.8 Å². The van der Waals surface area contributed by atoms with Gasteiger partial charge in [-0.2, -0.15) is 16.7 Å². The summed E-state index contributed by atoms with van der Waals surface area (Å²) in [5.41, 5.74) is 6.60. The quantitative estimate of drug-likeness (QED) is 0.815. The summed E-state index contributed by atoms with van der Waals surface area (Å²) < 4.78 is 0. The SMILES string of the molecule is Cc1cnc(N)nc1NCC1CCSC1. The lowest BCUT2D eigenvalue weighted by molar-refractivity contribution is 0.630. The first-order valence-corrected chi connectivity index (χ1v) is 6.32. The van der Waals surface area contributed by atoms with Crippen LogP contribution in [-0.4, -0.2) is 28.0 Å². The van der Waals surface area contributed by atoms with Crippen molar-refractivity contribution in [3.63, 3.8) is 0 Å². The van der Waals surface area contributed by atoms with Crippen LogP contribution in [0.1, 0.15) is 12.0 Å². The lowest BCUT2D eigenvalue weighted by Gasteiger charge is -2.12. The molecule has 15 heavy (non-hydrogen) atoms. The normalized spacial score (nSPS) is 20.5. The minimum absolute atomic E-state index is 0.337. The fourth-order valence-corrected chi connectivity index (χ4v) is 2.90. The molecule has 0 saturated carbocycles. The van der Waals surface area contributed by atoms with E-state index in [1.54, 1.807) is 6.20 Å². The number of hydrogen-bond donors (Lipinski definition) is 2. The molecule has 0 spiro atoms. The molecule has 1 atom stereocenters. The highest BCUT2D eigenvalue weighted by atomic mass is 32.2. The Morgan fingerprint density at radius 2 is 2.53 bits per heavy atom. The molecule has 1 aromatic heterocycles. The predicted octanol–water partition coefficient (Wildman–Crippen LogP) is 1.53. The summed E-state index contributed by atoms with van der Waals surface area (Å²) in [4.78, 5) is 8.12. The summed E-state index contributed by atoms with van der Waals surface area (Å²) in [5.74, 6) is 4.53. The molecule has 4 nitrogen and oxygen atoms in total. The van der Waals surface area contributed by atoms with Crippen molar-refractivity contribution < 1.29 is 0 Å². The molecule has 2 heterocycles. The van der Waals surface area contributed by atoms with Crippen molar-refractivity contribution in [2.45, 2.75) is 13.3 Å². The Balaban J connectivity index is 1.94. The summed E-state index contributed by atoms with van der Waals surface area (Å²) >= 11 is 2.03. The zero-order chi connectivity index (χ0) is 10.7. The van der Waals surface area contributed by atoms with Crippen molar-refractivity contribution in [1.82, 2.24) is 9.97 Å². The maximum atomic E-state index is 5.54. The van der Waals surface area contributed by atoms with Gasteiger partial charge in [0.05, 0.1) is 0 Å². The third-order valence-corrected chi connectivity index (χ3v) is 3.80. The summed E-state index contributed by atoms with van der Waals surface area (Å²) in [6, 6.07) is 0. The molecule has 1 aromatic rings. The van der Waals surface area contributed by atoms with Crippen LogP contribution in [-0.2, 0) is 0 Å². The molecular formula is C10H16N4S. The lowest BCUT2D eigenvalue weighted by atomic mass is 10.1. The lowest BCUT2D eigenvalue weighted by Crippen LogP contribution is -2.15. The third kappa shape index (κ3) is 2.75. The predicted molar refractivity (Wildman–Crippen MR) is 65.1 cm³/mol. The van der Waals surface area contributed by atoms with E-state index < -0.39 is 0 Å². The molecule has 5 heteroatoms. The second kappa shape index (κ2) is 4.70. The minimum Gasteiger partial charge on any atom is -0.369 e. The van der Waals surface area contributed by atoms with E-state index >= 15 is 0 Å². The van der Waals surface area contributed by atoms with Gasteiger partial charge in [-0.05, 0) is 30.8 Å². The molecular weight excluding hydrogens is 208 g/mol. The van der Waals surface area contributed by atoms with Gasteiger partial charge in [0.1, 0.15) is 5.82 Å². The van der Waals surface area contributed by atoms with Crippen molar-refractivity contribution in [3.05, 3.63) is 11.8 Å². The van der Waals surface area contributed by atoms with E-state index in [1.165, 1.54) is 17.9 Å². The number of nitrogens with two attached hydrogens (primary N) is 1. The van der Waals surface area contributed by atoms with E-state index in [4.69, 9.17) is 5.73 Å². The Hall–Kier alpha value is -0.970. The zero-order valence-corrected chi connectivity index (χ0v) is 9.68. The number of anilines is 2. The van der Waals surface area contributed by atoms with E-state index in [9.17, 15) is 0 Å². The molecule has 1 aliphatic heterocycles. The largest absolute Gasteiger partial charge is 0.369 e. The molecule has 1 fully saturated rings. The van der Waals surface area contributed by atoms with E-state index in [0.29, 0.717) is 5.95 Å². The molecule has 0 amide bonds. The van der Waals surface area contributed by atoms with Gasteiger partial charge in [0.15, 0.2) is 0 Å². The number of rotatable bonds is 3. The van der Waals surface area contributed by atoms with Gasteiger partial charge in [-0.25, -0.2) is 4.98 Å². The standard InChI is InChI=1S/C10H16N4S/c1-7-4-13-10(11)14-9(7)12-5-8-2-3-15-6-8/h4,8H,2-3,5-6H2,1H3,(H3,11,12,13,14). The van der Waals surface area contributed by atoms with Crippen LogP contribution >= 0.6 is 11.8 Å². The molecule has 0 bridgehead atoms. The topological polar surface area (TPSA) is 63.8 Å². The molecule has 2 rings (SSSR count). The van der Waals surface area contributed by atoms with Gasteiger partial charge < -0.3 is 11.1 Å². The number of aryl methyl sites for hydroxylation is 1. The second-order valence-corrected chi connectivity index (χ2v) is 5.02. The number of thioether (sulfide) groups is 1. The van der Waals surface area contributed by atoms with Crippen molar-refractivity contribution in [1.29, 1.82) is 0 Å². The van der Waals surface area contributed by atoms with Crippen molar-refractivity contribution >= 4 is 23.5 Å². The van der Waals surface area contributed by atoms with E-state index in [0.717, 1.165) is 23.8 Å². The number of nitrogens with one attached hydrogen (secondary N) is 1. The van der Waals surface area contributed by atoms with Gasteiger partial charge in [0.25, 0.3) is 0 Å². The first kappa shape index (κ1) is 10.5. The molecule has 0 radical (unpaired) electrons. The highest BCUT2D eigenvalue weighted by molar-refractivity contribution is 7.99. The zero-order valence-electron chi connectivity index (χ0n) is 8.86. The summed E-state index contributed by atoms with van der Waals surface area (Å²) in [7, 11) is 0. The van der Waals surface area contributed by atoms with Gasteiger partial charge in [0.2, 0.25) is 5.95 Å². The van der Waals surface area contributed by atoms with Crippen LogP contribution in [0.2, 0.25) is 0 Å². The Labute approximate surface area is 94.1 Å². The smallest absolute Gasteiger partial charge is 0.221 e. The number of hydrogen-bond acceptors (Lipinski definition) is 5. The van der Waals surface area contributed by atoms with E-state index in [2.05, 4.69) is 15.3 Å². The van der Waals surface area contributed by atoms with Gasteiger partial charge >= 0.3 is 0 Å². The fourth-order valence-electron chi connectivity index (χ4n) is 1.62. The summed E-state index contributed by atoms with van der Waals surface area (Å²) in [5, 5.41) is 3.35. The van der Waals surface area contributed by atoms with Gasteiger partial charge in [-0.15, -0.1) is 0 Å². The fraction of sp³-hybridized carbons (Fsp3) is 0.600. The van der Waals surface area contributed by atoms with Crippen LogP contribution in [0.3, 0.4) is 0 Å². The van der Waals surface area contributed by atoms with Crippen LogP contribution in [0.25, 0.3) is 0 Å². The van der Waals surface area contributed by atoms with Crippen molar-refractivity contribution in [2.75, 3.05) is 29.1 Å². The maximum Gasteiger partial charge on any atom is 0.221 e. The minimum atomic E-state index is 0.337. The molecule has 1 unspecified atom stereocenters. The molecule has 0 aliphatic carbocycles. The van der Waals surface area contributed by atoms with Gasteiger partial charge in [0, 0.05) is 18.3 Å². The Morgan fingerprint density at radius 3 is 3.27 bits per heavy atom. The van der Waals surface area contributed by atoms with Crippen LogP contribution in [0.5, 0.6) is 0 Å². The molecule has 1 aliphatic rings. The third-order valence-electron chi connectivity index (χ3n) is 2.57. The monoisotopic (exact) mass is 224 g/mol. The van der Waals surface area contributed by atoms with Crippen molar-refractivity contribution in [2.24, 2.45) is 5.92 Å². The van der Waals surface area contributed by atoms with E-state index in [-0.39, 0.29) is 0 Å². The van der Waals surface area contributed by atoms with Crippen LogP contribution < -0.4 is 11.1 Å². The number of aromatic nitrogens is 2. The molecule has 82 valence electrons. The average molecular weight is 224 g/mol. The molecule has 0 aromatic carbocycles. The number of nitrogens with zero attached hydrogens (tertiary/aromatic N) is 2. The first-order chi connectivity index (χ1) is 7.25. The highest BCUT2D eigenvalue weighted by Crippen LogP contribution is 2.23. The second-order valence-electron chi connectivity index (χ2n) is 3.87.